The van der Waals surface area contributed by atoms with Crippen LogP contribution in [0.15, 0.2) is 53.0 Å². The van der Waals surface area contributed by atoms with Gasteiger partial charge in [-0.15, -0.1) is 0 Å². The van der Waals surface area contributed by atoms with Crippen LogP contribution in [0.5, 0.6) is 0 Å². The van der Waals surface area contributed by atoms with Crippen molar-refractivity contribution >= 4 is 28.8 Å². The lowest BCUT2D eigenvalue weighted by Crippen LogP contribution is -2.26. The van der Waals surface area contributed by atoms with Gasteiger partial charge in [-0.1, -0.05) is 76.5 Å². The van der Waals surface area contributed by atoms with Gasteiger partial charge in [0.1, 0.15) is 18.0 Å². The van der Waals surface area contributed by atoms with Crippen LogP contribution in [-0.4, -0.2) is 68.4 Å². The Morgan fingerprint density at radius 3 is 2.15 bits per heavy atom. The number of unbranched alkanes of at least 4 members (excludes halogenated alkanes) is 3. The van der Waals surface area contributed by atoms with E-state index in [0.717, 1.165) is 38.0 Å². The van der Waals surface area contributed by atoms with E-state index in [2.05, 4.69) is 37.8 Å². The summed E-state index contributed by atoms with van der Waals surface area (Å²) in [6.07, 6.45) is 11.8. The van der Waals surface area contributed by atoms with E-state index in [1.54, 1.807) is 18.2 Å². The number of fused-ring (bicyclic) bond motifs is 1. The van der Waals surface area contributed by atoms with Gasteiger partial charge in [0.15, 0.2) is 5.78 Å². The Morgan fingerprint density at radius 2 is 1.51 bits per heavy atom. The van der Waals surface area contributed by atoms with Crippen molar-refractivity contribution in [2.45, 2.75) is 65.7 Å². The Morgan fingerprint density at radius 1 is 0.854 bits per heavy atom. The molecule has 222 valence electrons. The van der Waals surface area contributed by atoms with Gasteiger partial charge in [-0.3, -0.25) is 9.69 Å². The zero-order chi connectivity index (χ0) is 29.6. The van der Waals surface area contributed by atoms with Crippen LogP contribution in [0.25, 0.3) is 17.0 Å². The van der Waals surface area contributed by atoms with E-state index in [1.165, 1.54) is 25.7 Å². The maximum atomic E-state index is 13.8. The smallest absolute Gasteiger partial charge is 0.338 e. The highest BCUT2D eigenvalue weighted by Crippen LogP contribution is 2.31. The second-order valence-corrected chi connectivity index (χ2v) is 11.0. The summed E-state index contributed by atoms with van der Waals surface area (Å²) in [5.41, 5.74) is 3.25. The van der Waals surface area contributed by atoms with Crippen LogP contribution >= 0.6 is 0 Å². The van der Waals surface area contributed by atoms with Crippen LogP contribution in [-0.2, 0) is 11.2 Å². The molecule has 41 heavy (non-hydrogen) atoms. The van der Waals surface area contributed by atoms with Gasteiger partial charge in [-0.25, -0.2) is 4.79 Å². The standard InChI is InChI=1S/C35H48N2O4/c1-6-9-14-32-33(30-26-29(19-20-31(30)41-32)35(39)40-25-24-36(4)5)34(38)28-17-15-27(16-18-28)13-12-23-37(21-10-7-2)22-11-8-3/h12-13,15-20,26H,6-11,14,21-25H2,1-5H3. The van der Waals surface area contributed by atoms with E-state index in [-0.39, 0.29) is 5.78 Å². The van der Waals surface area contributed by atoms with Crippen LogP contribution in [0.2, 0.25) is 0 Å². The largest absolute Gasteiger partial charge is 0.461 e. The number of carbonyl (C=O) groups is 2. The van der Waals surface area contributed by atoms with E-state index < -0.39 is 5.97 Å². The molecule has 1 aromatic heterocycles. The van der Waals surface area contributed by atoms with Crippen molar-refractivity contribution in [2.24, 2.45) is 0 Å². The number of ether oxygens (including phenoxy) is 1. The Labute approximate surface area is 246 Å². The molecule has 0 aliphatic heterocycles. The molecule has 0 aliphatic rings. The number of likely N-dealkylation sites (N-methyl/N-ethyl adjacent to an activating group) is 1. The van der Waals surface area contributed by atoms with Crippen LogP contribution < -0.4 is 0 Å². The monoisotopic (exact) mass is 560 g/mol. The van der Waals surface area contributed by atoms with Crippen molar-refractivity contribution in [1.82, 2.24) is 9.80 Å². The number of hydrogen-bond donors (Lipinski definition) is 0. The topological polar surface area (TPSA) is 63.0 Å². The number of rotatable bonds is 18. The molecule has 0 radical (unpaired) electrons. The SMILES string of the molecule is CCCCc1oc2ccc(C(=O)OCCN(C)C)cc2c1C(=O)c1ccc(C=CCN(CCCC)CCCC)cc1. The van der Waals surface area contributed by atoms with E-state index >= 15 is 0 Å². The summed E-state index contributed by atoms with van der Waals surface area (Å²) < 4.78 is 11.6. The highest BCUT2D eigenvalue weighted by atomic mass is 16.5. The molecule has 3 aromatic rings. The molecule has 0 unspecified atom stereocenters. The number of nitrogens with zero attached hydrogens (tertiary/aromatic N) is 2. The Kier molecular flexibility index (Phi) is 13.3. The molecule has 1 heterocycles. The zero-order valence-electron chi connectivity index (χ0n) is 25.7. The number of furan rings is 1. The van der Waals surface area contributed by atoms with Crippen molar-refractivity contribution in [3.63, 3.8) is 0 Å². The molecule has 0 atom stereocenters. The van der Waals surface area contributed by atoms with Gasteiger partial charge in [-0.05, 0) is 70.2 Å². The van der Waals surface area contributed by atoms with Crippen LogP contribution in [0.3, 0.4) is 0 Å². The number of esters is 1. The molecule has 0 saturated carbocycles. The summed E-state index contributed by atoms with van der Waals surface area (Å²) in [5, 5.41) is 0.659. The van der Waals surface area contributed by atoms with Crippen molar-refractivity contribution in [3.05, 3.63) is 76.6 Å². The first-order valence-electron chi connectivity index (χ1n) is 15.3. The molecule has 0 bridgehead atoms. The third kappa shape index (κ3) is 9.68. The summed E-state index contributed by atoms with van der Waals surface area (Å²) in [4.78, 5) is 31.0. The van der Waals surface area contributed by atoms with E-state index in [4.69, 9.17) is 9.15 Å². The van der Waals surface area contributed by atoms with Crippen LogP contribution in [0.4, 0.5) is 0 Å². The number of carbonyl (C=O) groups excluding carboxylic acids is 2. The fourth-order valence-electron chi connectivity index (χ4n) is 4.73. The quantitative estimate of drug-likeness (QED) is 0.118. The van der Waals surface area contributed by atoms with Gasteiger partial charge < -0.3 is 14.1 Å². The Balaban J connectivity index is 1.81. The minimum atomic E-state index is -0.400. The molecule has 6 nitrogen and oxygen atoms in total. The molecule has 6 heteroatoms. The van der Waals surface area contributed by atoms with Crippen molar-refractivity contribution in [1.29, 1.82) is 0 Å². The van der Waals surface area contributed by atoms with E-state index in [1.807, 2.05) is 43.3 Å². The summed E-state index contributed by atoms with van der Waals surface area (Å²) in [6, 6.07) is 13.0. The molecular formula is C35H48N2O4. The molecular weight excluding hydrogens is 512 g/mol. The number of ketones is 1. The molecule has 3 rings (SSSR count). The van der Waals surface area contributed by atoms with Gasteiger partial charge >= 0.3 is 5.97 Å². The molecule has 2 aromatic carbocycles. The van der Waals surface area contributed by atoms with E-state index in [0.29, 0.717) is 53.0 Å². The van der Waals surface area contributed by atoms with Gasteiger partial charge in [0.05, 0.1) is 11.1 Å². The summed E-state index contributed by atoms with van der Waals surface area (Å²) in [5.74, 6) is 0.185. The Bertz CT molecular complexity index is 1270. The van der Waals surface area contributed by atoms with Crippen LogP contribution in [0, 0.1) is 0 Å². The summed E-state index contributed by atoms with van der Waals surface area (Å²) in [6.45, 7) is 10.7. The molecule has 0 aliphatic carbocycles. The predicted octanol–water partition coefficient (Wildman–Crippen LogP) is 7.64. The highest BCUT2D eigenvalue weighted by molar-refractivity contribution is 6.17. The number of hydrogen-bond acceptors (Lipinski definition) is 6. The first kappa shape index (κ1) is 32.3. The average molecular weight is 561 g/mol. The third-order valence-corrected chi connectivity index (χ3v) is 7.26. The first-order chi connectivity index (χ1) is 19.9. The molecule has 0 amide bonds. The van der Waals surface area contributed by atoms with Crippen molar-refractivity contribution in [2.75, 3.05) is 46.9 Å². The maximum absolute atomic E-state index is 13.8. The molecule has 0 N–H and O–H groups in total. The van der Waals surface area contributed by atoms with Crippen molar-refractivity contribution in [3.8, 4) is 0 Å². The third-order valence-electron chi connectivity index (χ3n) is 7.26. The van der Waals surface area contributed by atoms with E-state index in [9.17, 15) is 9.59 Å². The maximum Gasteiger partial charge on any atom is 0.338 e. The normalized spacial score (nSPS) is 11.8. The Hall–Kier alpha value is -3.22. The lowest BCUT2D eigenvalue weighted by molar-refractivity contribution is 0.0482. The fourth-order valence-corrected chi connectivity index (χ4v) is 4.73. The fraction of sp³-hybridized carbons (Fsp3) is 0.486. The van der Waals surface area contributed by atoms with Crippen molar-refractivity contribution < 1.29 is 18.7 Å². The highest BCUT2D eigenvalue weighted by Gasteiger charge is 2.23. The number of benzene rings is 2. The minimum absolute atomic E-state index is 0.0891. The van der Waals surface area contributed by atoms with Crippen LogP contribution in [0.1, 0.15) is 96.9 Å². The van der Waals surface area contributed by atoms with Gasteiger partial charge in [0.2, 0.25) is 0 Å². The lowest BCUT2D eigenvalue weighted by atomic mass is 9.97. The molecule has 0 saturated heterocycles. The van der Waals surface area contributed by atoms with Gasteiger partial charge in [0.25, 0.3) is 0 Å². The first-order valence-corrected chi connectivity index (χ1v) is 15.3. The van der Waals surface area contributed by atoms with Gasteiger partial charge in [0, 0.05) is 30.5 Å². The summed E-state index contributed by atoms with van der Waals surface area (Å²) in [7, 11) is 3.86. The second kappa shape index (κ2) is 16.9. The average Bonchev–Trinajstić information content (AvgIpc) is 3.34. The predicted molar refractivity (Wildman–Crippen MR) is 169 cm³/mol. The lowest BCUT2D eigenvalue weighted by Gasteiger charge is -2.19. The summed E-state index contributed by atoms with van der Waals surface area (Å²) >= 11 is 0. The zero-order valence-corrected chi connectivity index (χ0v) is 25.7. The van der Waals surface area contributed by atoms with Gasteiger partial charge in [-0.2, -0.15) is 0 Å². The minimum Gasteiger partial charge on any atom is -0.461 e. The second-order valence-electron chi connectivity index (χ2n) is 11.0. The number of aryl methyl sites for hydroxylation is 1. The molecule has 0 spiro atoms. The molecule has 0 fully saturated rings.